The van der Waals surface area contributed by atoms with Crippen LogP contribution in [0.15, 0.2) is 72.5 Å². The fourth-order valence-electron chi connectivity index (χ4n) is 3.67. The third kappa shape index (κ3) is 5.84. The molecule has 0 aliphatic carbocycles. The van der Waals surface area contributed by atoms with E-state index in [0.29, 0.717) is 27.4 Å². The molecular formula is C27H23FN6O3S. The Bertz CT molecular complexity index is 1580. The minimum atomic E-state index is -0.431. The molecule has 0 saturated heterocycles. The molecule has 4 heterocycles. The lowest BCUT2D eigenvalue weighted by atomic mass is 10.1. The second-order valence-electron chi connectivity index (χ2n) is 8.30. The monoisotopic (exact) mass is 530 g/mol. The largest absolute Gasteiger partial charge is 0.497 e. The summed E-state index contributed by atoms with van der Waals surface area (Å²) in [5.74, 6) is 1.22. The average molecular weight is 531 g/mol. The molecule has 4 aromatic heterocycles. The Morgan fingerprint density at radius 3 is 2.68 bits per heavy atom. The van der Waals surface area contributed by atoms with Crippen molar-refractivity contribution in [2.75, 3.05) is 12.4 Å². The van der Waals surface area contributed by atoms with Crippen LogP contribution in [0.1, 0.15) is 34.6 Å². The number of nitrogens with one attached hydrogen (secondary N) is 2. The maximum absolute atomic E-state index is 13.6. The zero-order chi connectivity index (χ0) is 26.5. The summed E-state index contributed by atoms with van der Waals surface area (Å²) < 4.78 is 25.3. The van der Waals surface area contributed by atoms with Crippen LogP contribution in [0.5, 0.6) is 17.4 Å². The highest BCUT2D eigenvalue weighted by Gasteiger charge is 2.18. The number of ether oxygens (including phenoxy) is 2. The maximum Gasteiger partial charge on any atom is 0.271 e. The first-order valence-corrected chi connectivity index (χ1v) is 12.5. The van der Waals surface area contributed by atoms with Crippen molar-refractivity contribution >= 4 is 33.4 Å². The van der Waals surface area contributed by atoms with Crippen LogP contribution in [0.2, 0.25) is 0 Å². The number of nitrogens with zero attached hydrogens (tertiary/aromatic N) is 4. The fraction of sp³-hybridized carbons (Fsp3) is 0.148. The second-order valence-corrected chi connectivity index (χ2v) is 9.21. The lowest BCUT2D eigenvalue weighted by Crippen LogP contribution is -2.24. The van der Waals surface area contributed by atoms with E-state index in [9.17, 15) is 9.18 Å². The van der Waals surface area contributed by atoms with Crippen LogP contribution in [0, 0.1) is 5.82 Å². The third-order valence-corrected chi connectivity index (χ3v) is 6.53. The van der Waals surface area contributed by atoms with Gasteiger partial charge in [-0.3, -0.25) is 9.78 Å². The van der Waals surface area contributed by atoms with E-state index in [1.165, 1.54) is 17.4 Å². The van der Waals surface area contributed by atoms with Crippen LogP contribution >= 0.6 is 11.3 Å². The summed E-state index contributed by atoms with van der Waals surface area (Å²) in [6.07, 6.45) is 4.33. The first kappa shape index (κ1) is 25.0. The van der Waals surface area contributed by atoms with E-state index in [-0.39, 0.29) is 30.1 Å². The van der Waals surface area contributed by atoms with Gasteiger partial charge in [-0.05, 0) is 65.9 Å². The number of benzene rings is 1. The summed E-state index contributed by atoms with van der Waals surface area (Å²) in [6, 6.07) is 13.6. The Kier molecular flexibility index (Phi) is 7.36. The van der Waals surface area contributed by atoms with Gasteiger partial charge in [-0.1, -0.05) is 0 Å². The highest BCUT2D eigenvalue weighted by atomic mass is 32.1. The van der Waals surface area contributed by atoms with Gasteiger partial charge < -0.3 is 20.1 Å². The van der Waals surface area contributed by atoms with Crippen LogP contribution < -0.4 is 20.1 Å². The van der Waals surface area contributed by atoms with Crippen LogP contribution in [0.25, 0.3) is 10.2 Å². The smallest absolute Gasteiger partial charge is 0.271 e. The van der Waals surface area contributed by atoms with Gasteiger partial charge in [0, 0.05) is 25.0 Å². The molecule has 5 aromatic rings. The van der Waals surface area contributed by atoms with Gasteiger partial charge in [0.05, 0.1) is 29.6 Å². The van der Waals surface area contributed by atoms with Crippen molar-refractivity contribution in [2.24, 2.45) is 0 Å². The molecule has 0 aliphatic rings. The Labute approximate surface area is 221 Å². The number of carbonyl (C=O) groups excluding carboxylic acids is 1. The normalized spacial score (nSPS) is 11.7. The van der Waals surface area contributed by atoms with Gasteiger partial charge in [-0.2, -0.15) is 0 Å². The molecule has 192 valence electrons. The predicted molar refractivity (Wildman–Crippen MR) is 142 cm³/mol. The van der Waals surface area contributed by atoms with Gasteiger partial charge in [0.15, 0.2) is 5.69 Å². The minimum absolute atomic E-state index is 0.241. The maximum atomic E-state index is 13.6. The van der Waals surface area contributed by atoms with Crippen molar-refractivity contribution in [3.8, 4) is 17.4 Å². The summed E-state index contributed by atoms with van der Waals surface area (Å²) in [4.78, 5) is 30.3. The highest BCUT2D eigenvalue weighted by molar-refractivity contribution is 7.17. The zero-order valence-corrected chi connectivity index (χ0v) is 21.3. The molecule has 2 N–H and O–H groups in total. The number of rotatable bonds is 9. The molecule has 38 heavy (non-hydrogen) atoms. The molecule has 0 spiro atoms. The van der Waals surface area contributed by atoms with E-state index < -0.39 is 5.82 Å². The number of methoxy groups -OCH3 is 1. The molecule has 1 unspecified atom stereocenters. The summed E-state index contributed by atoms with van der Waals surface area (Å²) in [6.45, 7) is 2.08. The molecule has 9 nitrogen and oxygen atoms in total. The van der Waals surface area contributed by atoms with Gasteiger partial charge in [-0.15, -0.1) is 11.3 Å². The Balaban J connectivity index is 1.29. The number of hydrogen-bond acceptors (Lipinski definition) is 9. The van der Waals surface area contributed by atoms with E-state index in [4.69, 9.17) is 9.47 Å². The van der Waals surface area contributed by atoms with Crippen molar-refractivity contribution in [2.45, 2.75) is 19.5 Å². The molecule has 0 fully saturated rings. The standard InChI is InChI=1S/C27H23FN6O3S/c1-16(18-12-19(28)15-29-14-18)32-27-33-22-8-10-38-25(22)24(34-27)26(35)31-13-17-7-9-30-23(11-17)37-21-5-3-20(36-2)4-6-21/h3-12,14-16H,13H2,1-2H3,(H,31,35)(H,32,33,34). The van der Waals surface area contributed by atoms with Crippen molar-refractivity contribution in [1.82, 2.24) is 25.3 Å². The van der Waals surface area contributed by atoms with Crippen LogP contribution in [-0.4, -0.2) is 33.0 Å². The van der Waals surface area contributed by atoms with E-state index in [1.807, 2.05) is 18.4 Å². The quantitative estimate of drug-likeness (QED) is 0.256. The molecule has 1 amide bonds. The summed E-state index contributed by atoms with van der Waals surface area (Å²) in [7, 11) is 1.60. The first-order valence-electron chi connectivity index (χ1n) is 11.7. The number of thiophene rings is 1. The minimum Gasteiger partial charge on any atom is -0.497 e. The van der Waals surface area contributed by atoms with Gasteiger partial charge in [-0.25, -0.2) is 19.3 Å². The SMILES string of the molecule is COc1ccc(Oc2cc(CNC(=O)c3nc(NC(C)c4cncc(F)c4)nc4ccsc34)ccn2)cc1. The number of carbonyl (C=O) groups is 1. The number of hydrogen-bond donors (Lipinski definition) is 2. The number of fused-ring (bicyclic) bond motifs is 1. The van der Waals surface area contributed by atoms with E-state index in [1.54, 1.807) is 55.9 Å². The van der Waals surface area contributed by atoms with Crippen LogP contribution in [0.3, 0.4) is 0 Å². The van der Waals surface area contributed by atoms with Crippen molar-refractivity contribution in [3.05, 3.63) is 95.1 Å². The predicted octanol–water partition coefficient (Wildman–Crippen LogP) is 5.52. The lowest BCUT2D eigenvalue weighted by Gasteiger charge is -2.15. The molecule has 1 atom stereocenters. The number of aromatic nitrogens is 4. The van der Waals surface area contributed by atoms with Crippen molar-refractivity contribution < 1.29 is 18.7 Å². The molecular weight excluding hydrogens is 507 g/mol. The molecule has 0 saturated carbocycles. The van der Waals surface area contributed by atoms with Gasteiger partial charge in [0.1, 0.15) is 17.3 Å². The van der Waals surface area contributed by atoms with E-state index >= 15 is 0 Å². The van der Waals surface area contributed by atoms with E-state index in [2.05, 4.69) is 30.6 Å². The van der Waals surface area contributed by atoms with E-state index in [0.717, 1.165) is 17.5 Å². The molecule has 0 radical (unpaired) electrons. The van der Waals surface area contributed by atoms with Gasteiger partial charge in [0.25, 0.3) is 5.91 Å². The third-order valence-electron chi connectivity index (χ3n) is 5.62. The fourth-order valence-corrected chi connectivity index (χ4v) is 4.49. The lowest BCUT2D eigenvalue weighted by molar-refractivity contribution is 0.0948. The van der Waals surface area contributed by atoms with Gasteiger partial charge in [0.2, 0.25) is 11.8 Å². The molecule has 0 bridgehead atoms. The van der Waals surface area contributed by atoms with Crippen LogP contribution in [0.4, 0.5) is 10.3 Å². The zero-order valence-electron chi connectivity index (χ0n) is 20.5. The first-order chi connectivity index (χ1) is 18.5. The number of halogens is 1. The number of pyridine rings is 2. The topological polar surface area (TPSA) is 111 Å². The summed E-state index contributed by atoms with van der Waals surface area (Å²) in [5.41, 5.74) is 2.33. The highest BCUT2D eigenvalue weighted by Crippen LogP contribution is 2.26. The Morgan fingerprint density at radius 2 is 1.89 bits per heavy atom. The molecule has 0 aliphatic heterocycles. The Morgan fingerprint density at radius 1 is 1.08 bits per heavy atom. The van der Waals surface area contributed by atoms with Gasteiger partial charge >= 0.3 is 0 Å². The summed E-state index contributed by atoms with van der Waals surface area (Å²) >= 11 is 1.38. The Hall–Kier alpha value is -4.64. The molecule has 5 rings (SSSR count). The van der Waals surface area contributed by atoms with Crippen LogP contribution in [-0.2, 0) is 6.54 Å². The molecule has 11 heteroatoms. The summed E-state index contributed by atoms with van der Waals surface area (Å²) in [5, 5.41) is 7.90. The number of anilines is 1. The number of amides is 1. The average Bonchev–Trinajstić information content (AvgIpc) is 3.41. The molecule has 1 aromatic carbocycles. The van der Waals surface area contributed by atoms with Crippen molar-refractivity contribution in [3.63, 3.8) is 0 Å². The van der Waals surface area contributed by atoms with Crippen molar-refractivity contribution in [1.29, 1.82) is 0 Å². The second kappa shape index (κ2) is 11.2.